The van der Waals surface area contributed by atoms with Crippen LogP contribution in [0.5, 0.6) is 5.75 Å². The lowest BCUT2D eigenvalue weighted by molar-refractivity contribution is 0.265. The Kier molecular flexibility index (Phi) is 5.84. The lowest BCUT2D eigenvalue weighted by Gasteiger charge is -2.17. The van der Waals surface area contributed by atoms with Crippen LogP contribution in [0.2, 0.25) is 0 Å². The monoisotopic (exact) mass is 279 g/mol. The maximum Gasteiger partial charge on any atom is 0.126 e. The van der Waals surface area contributed by atoms with Crippen molar-refractivity contribution in [1.82, 2.24) is 4.90 Å². The molecule has 3 heteroatoms. The summed E-state index contributed by atoms with van der Waals surface area (Å²) in [5.41, 5.74) is 1.99. The predicted octanol–water partition coefficient (Wildman–Crippen LogP) is 3.82. The third kappa shape index (κ3) is 3.72. The quantitative estimate of drug-likeness (QED) is 0.671. The number of ether oxygens (including phenoxy) is 1. The van der Waals surface area contributed by atoms with Crippen molar-refractivity contribution in [2.45, 2.75) is 46.0 Å². The second kappa shape index (κ2) is 7.63. The summed E-state index contributed by atoms with van der Waals surface area (Å²) >= 11 is 0. The Morgan fingerprint density at radius 3 is 2.60 bits per heavy atom. The van der Waals surface area contributed by atoms with E-state index in [9.17, 15) is 4.39 Å². The molecule has 2 nitrogen and oxygen atoms in total. The van der Waals surface area contributed by atoms with E-state index in [2.05, 4.69) is 18.7 Å². The molecule has 0 unspecified atom stereocenters. The third-order valence-electron chi connectivity index (χ3n) is 4.21. The topological polar surface area (TPSA) is 12.5 Å². The minimum atomic E-state index is -0.0635. The summed E-state index contributed by atoms with van der Waals surface area (Å²) in [6, 6.07) is 3.35. The molecule has 1 aromatic rings. The number of halogens is 1. The maximum absolute atomic E-state index is 13.6. The summed E-state index contributed by atoms with van der Waals surface area (Å²) in [6.07, 6.45) is 5.09. The number of nitrogens with zero attached hydrogens (tertiary/aromatic N) is 1. The van der Waals surface area contributed by atoms with Gasteiger partial charge < -0.3 is 9.64 Å². The Morgan fingerprint density at radius 2 is 1.85 bits per heavy atom. The van der Waals surface area contributed by atoms with Crippen molar-refractivity contribution >= 4 is 0 Å². The minimum absolute atomic E-state index is 0.0635. The highest BCUT2D eigenvalue weighted by atomic mass is 19.1. The van der Waals surface area contributed by atoms with Gasteiger partial charge in [0.05, 0.1) is 6.61 Å². The molecule has 0 amide bonds. The molecule has 0 spiro atoms. The SMILES string of the molecule is CCN(CC)CCCCOc1ccc(F)c2c1CCC2. The Bertz CT molecular complexity index is 429. The Hall–Kier alpha value is -1.09. The number of unbranched alkanes of at least 4 members (excludes halogenated alkanes) is 1. The number of hydrogen-bond donors (Lipinski definition) is 0. The first-order valence-corrected chi connectivity index (χ1v) is 7.91. The van der Waals surface area contributed by atoms with Crippen LogP contribution < -0.4 is 4.74 Å². The van der Waals surface area contributed by atoms with Gasteiger partial charge >= 0.3 is 0 Å². The van der Waals surface area contributed by atoms with Crippen molar-refractivity contribution in [1.29, 1.82) is 0 Å². The lowest BCUT2D eigenvalue weighted by Crippen LogP contribution is -2.24. The molecule has 1 aliphatic rings. The van der Waals surface area contributed by atoms with E-state index in [-0.39, 0.29) is 5.82 Å². The fourth-order valence-corrected chi connectivity index (χ4v) is 2.92. The summed E-state index contributed by atoms with van der Waals surface area (Å²) in [4.78, 5) is 2.43. The summed E-state index contributed by atoms with van der Waals surface area (Å²) in [5, 5.41) is 0. The highest BCUT2D eigenvalue weighted by Crippen LogP contribution is 2.32. The van der Waals surface area contributed by atoms with Gasteiger partial charge in [-0.2, -0.15) is 0 Å². The van der Waals surface area contributed by atoms with Gasteiger partial charge in [-0.25, -0.2) is 4.39 Å². The van der Waals surface area contributed by atoms with E-state index in [0.29, 0.717) is 0 Å². The number of benzene rings is 1. The van der Waals surface area contributed by atoms with Crippen LogP contribution in [0.4, 0.5) is 4.39 Å². The van der Waals surface area contributed by atoms with Gasteiger partial charge in [0.1, 0.15) is 11.6 Å². The van der Waals surface area contributed by atoms with Crippen molar-refractivity contribution in [2.24, 2.45) is 0 Å². The molecular formula is C17H26FNO. The molecule has 1 aromatic carbocycles. The first-order valence-electron chi connectivity index (χ1n) is 7.91. The number of rotatable bonds is 8. The van der Waals surface area contributed by atoms with Crippen LogP contribution in [0.15, 0.2) is 12.1 Å². The van der Waals surface area contributed by atoms with Gasteiger partial charge in [0.2, 0.25) is 0 Å². The smallest absolute Gasteiger partial charge is 0.126 e. The molecule has 1 aliphatic carbocycles. The lowest BCUT2D eigenvalue weighted by atomic mass is 10.1. The van der Waals surface area contributed by atoms with E-state index in [1.165, 1.54) is 0 Å². The van der Waals surface area contributed by atoms with Gasteiger partial charge in [0, 0.05) is 5.56 Å². The minimum Gasteiger partial charge on any atom is -0.493 e. The van der Waals surface area contributed by atoms with E-state index >= 15 is 0 Å². The number of fused-ring (bicyclic) bond motifs is 1. The van der Waals surface area contributed by atoms with Crippen LogP contribution in [-0.2, 0) is 12.8 Å². The van der Waals surface area contributed by atoms with E-state index in [1.54, 1.807) is 12.1 Å². The standard InChI is InChI=1S/C17H26FNO/c1-3-19(4-2)12-5-6-13-20-17-11-10-16(18)14-8-7-9-15(14)17/h10-11H,3-9,12-13H2,1-2H3. The molecular weight excluding hydrogens is 253 g/mol. The molecule has 112 valence electrons. The van der Waals surface area contributed by atoms with Crippen molar-refractivity contribution in [2.75, 3.05) is 26.2 Å². The first-order chi connectivity index (χ1) is 9.76. The second-order valence-electron chi connectivity index (χ2n) is 5.44. The summed E-state index contributed by atoms with van der Waals surface area (Å²) in [6.45, 7) is 8.49. The fourth-order valence-electron chi connectivity index (χ4n) is 2.92. The molecule has 0 atom stereocenters. The van der Waals surface area contributed by atoms with Crippen LogP contribution in [0.1, 0.15) is 44.2 Å². The highest BCUT2D eigenvalue weighted by Gasteiger charge is 2.19. The van der Waals surface area contributed by atoms with E-state index in [0.717, 1.165) is 75.2 Å². The molecule has 0 bridgehead atoms. The molecule has 2 rings (SSSR count). The Morgan fingerprint density at radius 1 is 1.10 bits per heavy atom. The largest absolute Gasteiger partial charge is 0.493 e. The molecule has 20 heavy (non-hydrogen) atoms. The van der Waals surface area contributed by atoms with Crippen molar-refractivity contribution in [3.8, 4) is 5.75 Å². The van der Waals surface area contributed by atoms with Gasteiger partial charge in [0.15, 0.2) is 0 Å². The molecule has 0 saturated heterocycles. The van der Waals surface area contributed by atoms with Crippen molar-refractivity contribution in [3.63, 3.8) is 0 Å². The van der Waals surface area contributed by atoms with Gasteiger partial charge in [-0.3, -0.25) is 0 Å². The van der Waals surface area contributed by atoms with Crippen LogP contribution in [0.3, 0.4) is 0 Å². The zero-order chi connectivity index (χ0) is 14.4. The molecule has 0 aromatic heterocycles. The summed E-state index contributed by atoms with van der Waals surface area (Å²) < 4.78 is 19.5. The van der Waals surface area contributed by atoms with E-state index in [1.807, 2.05) is 0 Å². The summed E-state index contributed by atoms with van der Waals surface area (Å²) in [5.74, 6) is 0.841. The van der Waals surface area contributed by atoms with Gasteiger partial charge in [-0.15, -0.1) is 0 Å². The zero-order valence-corrected chi connectivity index (χ0v) is 12.8. The molecule has 0 N–H and O–H groups in total. The van der Waals surface area contributed by atoms with Gasteiger partial charge in [0.25, 0.3) is 0 Å². The zero-order valence-electron chi connectivity index (χ0n) is 12.8. The average molecular weight is 279 g/mol. The normalized spacial score (nSPS) is 13.8. The van der Waals surface area contributed by atoms with Crippen LogP contribution >= 0.6 is 0 Å². The second-order valence-corrected chi connectivity index (χ2v) is 5.44. The third-order valence-corrected chi connectivity index (χ3v) is 4.21. The van der Waals surface area contributed by atoms with Gasteiger partial charge in [-0.1, -0.05) is 13.8 Å². The molecule has 0 fully saturated rings. The number of hydrogen-bond acceptors (Lipinski definition) is 2. The molecule has 0 aliphatic heterocycles. The maximum atomic E-state index is 13.6. The average Bonchev–Trinajstić information content (AvgIpc) is 2.95. The summed E-state index contributed by atoms with van der Waals surface area (Å²) in [7, 11) is 0. The Balaban J connectivity index is 1.77. The van der Waals surface area contributed by atoms with Crippen molar-refractivity contribution in [3.05, 3.63) is 29.1 Å². The molecule has 0 heterocycles. The van der Waals surface area contributed by atoms with E-state index in [4.69, 9.17) is 4.74 Å². The van der Waals surface area contributed by atoms with E-state index < -0.39 is 0 Å². The highest BCUT2D eigenvalue weighted by molar-refractivity contribution is 5.43. The molecule has 0 radical (unpaired) electrons. The van der Waals surface area contributed by atoms with Gasteiger partial charge in [-0.05, 0) is 69.4 Å². The van der Waals surface area contributed by atoms with Crippen LogP contribution in [-0.4, -0.2) is 31.1 Å². The Labute approximate surface area is 121 Å². The molecule has 0 saturated carbocycles. The van der Waals surface area contributed by atoms with Crippen molar-refractivity contribution < 1.29 is 9.13 Å². The first kappa shape index (κ1) is 15.3. The van der Waals surface area contributed by atoms with Crippen LogP contribution in [0, 0.1) is 5.82 Å². The fraction of sp³-hybridized carbons (Fsp3) is 0.647. The predicted molar refractivity (Wildman–Crippen MR) is 80.9 cm³/mol. The van der Waals surface area contributed by atoms with Crippen LogP contribution in [0.25, 0.3) is 0 Å².